The minimum atomic E-state index is -0.141. The van der Waals surface area contributed by atoms with Gasteiger partial charge < -0.3 is 4.74 Å². The molecule has 70 valence electrons. The van der Waals surface area contributed by atoms with Crippen molar-refractivity contribution >= 4 is 5.97 Å². The summed E-state index contributed by atoms with van der Waals surface area (Å²) in [5.41, 5.74) is 1.07. The minimum Gasteiger partial charge on any atom is -0.466 e. The van der Waals surface area contributed by atoms with Crippen LogP contribution >= 0.6 is 0 Å². The maximum absolute atomic E-state index is 11.3. The Kier molecular flexibility index (Phi) is 3.50. The SMILES string of the molecule is C=CC1=CCC(C(=O)OCC)C=C1. The van der Waals surface area contributed by atoms with E-state index in [1.165, 1.54) is 0 Å². The van der Waals surface area contributed by atoms with Crippen molar-refractivity contribution in [2.75, 3.05) is 6.61 Å². The van der Waals surface area contributed by atoms with Gasteiger partial charge in [-0.2, -0.15) is 0 Å². The number of carbonyl (C=O) groups excluding carboxylic acids is 1. The van der Waals surface area contributed by atoms with E-state index in [4.69, 9.17) is 4.74 Å². The Morgan fingerprint density at radius 1 is 1.85 bits per heavy atom. The van der Waals surface area contributed by atoms with Gasteiger partial charge in [0.1, 0.15) is 0 Å². The first kappa shape index (κ1) is 9.78. The quantitative estimate of drug-likeness (QED) is 0.619. The number of hydrogen-bond donors (Lipinski definition) is 0. The van der Waals surface area contributed by atoms with Crippen LogP contribution in [0.5, 0.6) is 0 Å². The van der Waals surface area contributed by atoms with Crippen LogP contribution in [0.2, 0.25) is 0 Å². The fraction of sp³-hybridized carbons (Fsp3) is 0.364. The molecule has 2 heteroatoms. The van der Waals surface area contributed by atoms with Gasteiger partial charge in [0.2, 0.25) is 0 Å². The average molecular weight is 178 g/mol. The summed E-state index contributed by atoms with van der Waals surface area (Å²) in [5.74, 6) is -0.248. The summed E-state index contributed by atoms with van der Waals surface area (Å²) in [5, 5.41) is 0. The molecular weight excluding hydrogens is 164 g/mol. The van der Waals surface area contributed by atoms with Gasteiger partial charge in [-0.25, -0.2) is 0 Å². The third-order valence-electron chi connectivity index (χ3n) is 1.95. The molecule has 0 heterocycles. The molecule has 0 spiro atoms. The van der Waals surface area contributed by atoms with Crippen LogP contribution in [0.4, 0.5) is 0 Å². The zero-order valence-electron chi connectivity index (χ0n) is 7.82. The Labute approximate surface area is 78.6 Å². The molecule has 0 bridgehead atoms. The molecule has 0 radical (unpaired) electrons. The van der Waals surface area contributed by atoms with Crippen molar-refractivity contribution in [2.45, 2.75) is 13.3 Å². The van der Waals surface area contributed by atoms with Gasteiger partial charge >= 0.3 is 5.97 Å². The van der Waals surface area contributed by atoms with Gasteiger partial charge in [-0.1, -0.05) is 30.9 Å². The minimum absolute atomic E-state index is 0.108. The number of allylic oxidation sites excluding steroid dienone is 4. The van der Waals surface area contributed by atoms with Crippen LogP contribution in [-0.2, 0) is 9.53 Å². The first-order valence-corrected chi connectivity index (χ1v) is 4.45. The molecule has 1 aliphatic rings. The highest BCUT2D eigenvalue weighted by molar-refractivity contribution is 5.75. The maximum atomic E-state index is 11.3. The van der Waals surface area contributed by atoms with Gasteiger partial charge in [0.25, 0.3) is 0 Å². The van der Waals surface area contributed by atoms with Crippen molar-refractivity contribution in [3.63, 3.8) is 0 Å². The topological polar surface area (TPSA) is 26.3 Å². The predicted octanol–water partition coefficient (Wildman–Crippen LogP) is 2.24. The molecule has 0 aliphatic heterocycles. The lowest BCUT2D eigenvalue weighted by Crippen LogP contribution is -2.16. The molecule has 0 aromatic carbocycles. The molecule has 1 aliphatic carbocycles. The Hall–Kier alpha value is -1.31. The van der Waals surface area contributed by atoms with Crippen LogP contribution in [0.3, 0.4) is 0 Å². The molecule has 1 rings (SSSR count). The summed E-state index contributed by atoms with van der Waals surface area (Å²) in [4.78, 5) is 11.3. The van der Waals surface area contributed by atoms with Crippen molar-refractivity contribution < 1.29 is 9.53 Å². The van der Waals surface area contributed by atoms with Gasteiger partial charge in [0, 0.05) is 0 Å². The third-order valence-corrected chi connectivity index (χ3v) is 1.95. The highest BCUT2D eigenvalue weighted by Crippen LogP contribution is 2.17. The smallest absolute Gasteiger partial charge is 0.313 e. The normalized spacial score (nSPS) is 20.7. The second kappa shape index (κ2) is 4.65. The Morgan fingerprint density at radius 3 is 3.08 bits per heavy atom. The molecule has 1 atom stereocenters. The fourth-order valence-corrected chi connectivity index (χ4v) is 1.21. The summed E-state index contributed by atoms with van der Waals surface area (Å²) >= 11 is 0. The lowest BCUT2D eigenvalue weighted by molar-refractivity contribution is -0.146. The second-order valence-corrected chi connectivity index (χ2v) is 2.86. The average Bonchev–Trinajstić information content (AvgIpc) is 2.18. The zero-order chi connectivity index (χ0) is 9.68. The van der Waals surface area contributed by atoms with Gasteiger partial charge in [-0.05, 0) is 18.9 Å². The van der Waals surface area contributed by atoms with Crippen molar-refractivity contribution in [3.05, 3.63) is 36.5 Å². The van der Waals surface area contributed by atoms with E-state index in [-0.39, 0.29) is 11.9 Å². The van der Waals surface area contributed by atoms with E-state index in [1.54, 1.807) is 6.08 Å². The highest BCUT2D eigenvalue weighted by atomic mass is 16.5. The molecule has 0 N–H and O–H groups in total. The fourth-order valence-electron chi connectivity index (χ4n) is 1.21. The molecule has 0 aromatic rings. The van der Waals surface area contributed by atoms with Gasteiger partial charge in [-0.15, -0.1) is 0 Å². The van der Waals surface area contributed by atoms with Crippen LogP contribution in [0.1, 0.15) is 13.3 Å². The Morgan fingerprint density at radius 2 is 2.62 bits per heavy atom. The van der Waals surface area contributed by atoms with Crippen LogP contribution in [0.15, 0.2) is 36.5 Å². The standard InChI is InChI=1S/C11H14O2/c1-3-9-5-7-10(8-6-9)11(12)13-4-2/h3,5-7,10H,1,4,8H2,2H3. The summed E-state index contributed by atoms with van der Waals surface area (Å²) in [6.07, 6.45) is 8.26. The molecule has 0 aromatic heterocycles. The van der Waals surface area contributed by atoms with Gasteiger partial charge in [0.15, 0.2) is 0 Å². The highest BCUT2D eigenvalue weighted by Gasteiger charge is 2.17. The number of ether oxygens (including phenoxy) is 1. The molecule has 1 unspecified atom stereocenters. The number of esters is 1. The number of carbonyl (C=O) groups is 1. The third kappa shape index (κ3) is 2.58. The van der Waals surface area contributed by atoms with E-state index in [1.807, 2.05) is 25.2 Å². The van der Waals surface area contributed by atoms with E-state index in [9.17, 15) is 4.79 Å². The van der Waals surface area contributed by atoms with E-state index in [0.717, 1.165) is 12.0 Å². The molecule has 13 heavy (non-hydrogen) atoms. The van der Waals surface area contributed by atoms with E-state index in [2.05, 4.69) is 6.58 Å². The largest absolute Gasteiger partial charge is 0.466 e. The van der Waals surface area contributed by atoms with Gasteiger partial charge in [0.05, 0.1) is 12.5 Å². The van der Waals surface area contributed by atoms with Crippen LogP contribution in [-0.4, -0.2) is 12.6 Å². The van der Waals surface area contributed by atoms with E-state index >= 15 is 0 Å². The van der Waals surface area contributed by atoms with Crippen molar-refractivity contribution in [1.82, 2.24) is 0 Å². The summed E-state index contributed by atoms with van der Waals surface area (Å²) in [6, 6.07) is 0. The maximum Gasteiger partial charge on any atom is 0.313 e. The van der Waals surface area contributed by atoms with E-state index < -0.39 is 0 Å². The molecular formula is C11H14O2. The Bertz CT molecular complexity index is 261. The predicted molar refractivity (Wildman–Crippen MR) is 52.2 cm³/mol. The zero-order valence-corrected chi connectivity index (χ0v) is 7.82. The number of hydrogen-bond acceptors (Lipinski definition) is 2. The van der Waals surface area contributed by atoms with E-state index in [0.29, 0.717) is 6.61 Å². The molecule has 0 fully saturated rings. The monoisotopic (exact) mass is 178 g/mol. The number of rotatable bonds is 3. The summed E-state index contributed by atoms with van der Waals surface area (Å²) in [7, 11) is 0. The lowest BCUT2D eigenvalue weighted by Gasteiger charge is -2.12. The van der Waals surface area contributed by atoms with Crippen molar-refractivity contribution in [3.8, 4) is 0 Å². The molecule has 0 saturated heterocycles. The molecule has 0 saturated carbocycles. The lowest BCUT2D eigenvalue weighted by atomic mass is 9.97. The Balaban J connectivity index is 2.51. The molecule has 0 amide bonds. The first-order valence-electron chi connectivity index (χ1n) is 4.45. The van der Waals surface area contributed by atoms with Crippen LogP contribution in [0.25, 0.3) is 0 Å². The van der Waals surface area contributed by atoms with Crippen LogP contribution < -0.4 is 0 Å². The molecule has 2 nitrogen and oxygen atoms in total. The van der Waals surface area contributed by atoms with Crippen molar-refractivity contribution in [2.24, 2.45) is 5.92 Å². The summed E-state index contributed by atoms with van der Waals surface area (Å²) in [6.45, 7) is 5.92. The first-order chi connectivity index (χ1) is 6.27. The second-order valence-electron chi connectivity index (χ2n) is 2.86. The van der Waals surface area contributed by atoms with Crippen LogP contribution in [0, 0.1) is 5.92 Å². The van der Waals surface area contributed by atoms with Gasteiger partial charge in [-0.3, -0.25) is 4.79 Å². The van der Waals surface area contributed by atoms with Crippen molar-refractivity contribution in [1.29, 1.82) is 0 Å². The summed E-state index contributed by atoms with van der Waals surface area (Å²) < 4.78 is 4.90.